The SMILES string of the molecule is CCCC(CO)OC(=N)C12CCCNCC1C2. The van der Waals surface area contributed by atoms with Gasteiger partial charge in [0.15, 0.2) is 5.90 Å². The maximum absolute atomic E-state index is 9.22. The van der Waals surface area contributed by atoms with Crippen molar-refractivity contribution < 1.29 is 9.84 Å². The van der Waals surface area contributed by atoms with Gasteiger partial charge in [0.05, 0.1) is 12.0 Å². The summed E-state index contributed by atoms with van der Waals surface area (Å²) in [5.41, 5.74) is 0.00462. The summed E-state index contributed by atoms with van der Waals surface area (Å²) in [4.78, 5) is 0. The van der Waals surface area contributed by atoms with Gasteiger partial charge in [-0.25, -0.2) is 0 Å². The topological polar surface area (TPSA) is 65.3 Å². The Bertz CT molecular complexity index is 283. The molecule has 0 radical (unpaired) electrons. The molecule has 4 nitrogen and oxygen atoms in total. The third kappa shape index (κ3) is 2.63. The molecule has 2 aliphatic rings. The molecule has 3 unspecified atom stereocenters. The zero-order valence-electron chi connectivity index (χ0n) is 10.7. The molecule has 3 N–H and O–H groups in total. The van der Waals surface area contributed by atoms with E-state index in [-0.39, 0.29) is 18.1 Å². The summed E-state index contributed by atoms with van der Waals surface area (Å²) in [5, 5.41) is 20.8. The van der Waals surface area contributed by atoms with E-state index < -0.39 is 0 Å². The monoisotopic (exact) mass is 240 g/mol. The van der Waals surface area contributed by atoms with Crippen molar-refractivity contribution in [2.75, 3.05) is 19.7 Å². The van der Waals surface area contributed by atoms with Gasteiger partial charge in [0.2, 0.25) is 0 Å². The number of ether oxygens (including phenoxy) is 1. The molecule has 4 heteroatoms. The summed E-state index contributed by atoms with van der Waals surface area (Å²) in [6, 6.07) is 0. The van der Waals surface area contributed by atoms with Crippen molar-refractivity contribution in [1.29, 1.82) is 5.41 Å². The van der Waals surface area contributed by atoms with E-state index >= 15 is 0 Å². The number of nitrogens with one attached hydrogen (secondary N) is 2. The molecule has 2 rings (SSSR count). The summed E-state index contributed by atoms with van der Waals surface area (Å²) in [6.45, 7) is 4.17. The average molecular weight is 240 g/mol. The fourth-order valence-electron chi connectivity index (χ4n) is 2.94. The first-order chi connectivity index (χ1) is 8.23. The summed E-state index contributed by atoms with van der Waals surface area (Å²) in [7, 11) is 0. The van der Waals surface area contributed by atoms with Gasteiger partial charge < -0.3 is 15.2 Å². The minimum Gasteiger partial charge on any atom is -0.475 e. The van der Waals surface area contributed by atoms with Crippen molar-refractivity contribution in [3.63, 3.8) is 0 Å². The first-order valence-corrected chi connectivity index (χ1v) is 6.80. The molecule has 1 saturated carbocycles. The van der Waals surface area contributed by atoms with Gasteiger partial charge in [-0.3, -0.25) is 5.41 Å². The van der Waals surface area contributed by atoms with E-state index in [1.54, 1.807) is 0 Å². The van der Waals surface area contributed by atoms with Gasteiger partial charge in [0.25, 0.3) is 0 Å². The zero-order valence-corrected chi connectivity index (χ0v) is 10.7. The first-order valence-electron chi connectivity index (χ1n) is 6.80. The number of aliphatic hydroxyl groups is 1. The Kier molecular flexibility index (Phi) is 4.05. The predicted octanol–water partition coefficient (Wildman–Crippen LogP) is 1.53. The van der Waals surface area contributed by atoms with Crippen LogP contribution in [0.2, 0.25) is 0 Å². The summed E-state index contributed by atoms with van der Waals surface area (Å²) in [5.74, 6) is 1.01. The van der Waals surface area contributed by atoms with E-state index in [1.807, 2.05) is 0 Å². The van der Waals surface area contributed by atoms with E-state index in [2.05, 4.69) is 12.2 Å². The highest BCUT2D eigenvalue weighted by atomic mass is 16.5. The van der Waals surface area contributed by atoms with Gasteiger partial charge in [-0.1, -0.05) is 13.3 Å². The third-order valence-corrected chi connectivity index (χ3v) is 4.15. The largest absolute Gasteiger partial charge is 0.475 e. The van der Waals surface area contributed by atoms with Gasteiger partial charge in [0, 0.05) is 0 Å². The Hall–Kier alpha value is -0.610. The van der Waals surface area contributed by atoms with Gasteiger partial charge >= 0.3 is 0 Å². The van der Waals surface area contributed by atoms with Crippen LogP contribution in [-0.4, -0.2) is 36.8 Å². The highest BCUT2D eigenvalue weighted by molar-refractivity contribution is 5.83. The lowest BCUT2D eigenvalue weighted by molar-refractivity contribution is 0.0867. The van der Waals surface area contributed by atoms with Gasteiger partial charge in [0.1, 0.15) is 6.10 Å². The molecule has 0 spiro atoms. The Morgan fingerprint density at radius 2 is 2.47 bits per heavy atom. The van der Waals surface area contributed by atoms with Crippen LogP contribution in [-0.2, 0) is 4.74 Å². The van der Waals surface area contributed by atoms with Crippen molar-refractivity contribution in [3.05, 3.63) is 0 Å². The number of hydrogen-bond donors (Lipinski definition) is 3. The zero-order chi connectivity index (χ0) is 12.3. The molecular formula is C13H24N2O2. The van der Waals surface area contributed by atoms with Crippen molar-refractivity contribution in [1.82, 2.24) is 5.32 Å². The molecule has 0 aromatic carbocycles. The summed E-state index contributed by atoms with van der Waals surface area (Å²) >= 11 is 0. The fourth-order valence-corrected chi connectivity index (χ4v) is 2.94. The number of fused-ring (bicyclic) bond motifs is 1. The number of aliphatic hydroxyl groups excluding tert-OH is 1. The lowest BCUT2D eigenvalue weighted by Crippen LogP contribution is -2.28. The third-order valence-electron chi connectivity index (χ3n) is 4.15. The standard InChI is InChI=1S/C13H24N2O2/c1-2-4-11(9-16)17-12(14)13-5-3-6-15-8-10(13)7-13/h10-11,14-16H,2-9H2,1H3. The molecule has 98 valence electrons. The maximum Gasteiger partial charge on any atom is 0.187 e. The van der Waals surface area contributed by atoms with Crippen LogP contribution in [0, 0.1) is 16.7 Å². The van der Waals surface area contributed by atoms with Crippen LogP contribution in [0.4, 0.5) is 0 Å². The number of rotatable bonds is 5. The van der Waals surface area contributed by atoms with E-state index in [4.69, 9.17) is 10.1 Å². The lowest BCUT2D eigenvalue weighted by atomic mass is 9.97. The summed E-state index contributed by atoms with van der Waals surface area (Å²) < 4.78 is 5.69. The highest BCUT2D eigenvalue weighted by Gasteiger charge is 2.58. The van der Waals surface area contributed by atoms with Crippen LogP contribution in [0.25, 0.3) is 0 Å². The normalized spacial score (nSPS) is 33.4. The van der Waals surface area contributed by atoms with Crippen LogP contribution in [0.15, 0.2) is 0 Å². The second-order valence-electron chi connectivity index (χ2n) is 5.41. The van der Waals surface area contributed by atoms with Gasteiger partial charge in [-0.05, 0) is 44.7 Å². The van der Waals surface area contributed by atoms with Crippen LogP contribution >= 0.6 is 0 Å². The molecule has 1 heterocycles. The van der Waals surface area contributed by atoms with Gasteiger partial charge in [-0.2, -0.15) is 0 Å². The Labute approximate surface area is 103 Å². The van der Waals surface area contributed by atoms with Crippen LogP contribution in [0.3, 0.4) is 0 Å². The fraction of sp³-hybridized carbons (Fsp3) is 0.923. The molecule has 1 saturated heterocycles. The van der Waals surface area contributed by atoms with E-state index in [1.165, 1.54) is 0 Å². The molecule has 0 amide bonds. The van der Waals surface area contributed by atoms with Crippen molar-refractivity contribution in [2.45, 2.75) is 45.1 Å². The second-order valence-corrected chi connectivity index (χ2v) is 5.41. The molecule has 2 fully saturated rings. The molecule has 1 aliphatic heterocycles. The summed E-state index contributed by atoms with van der Waals surface area (Å²) in [6.07, 6.45) is 4.91. The molecule has 0 aromatic rings. The van der Waals surface area contributed by atoms with Crippen LogP contribution in [0.5, 0.6) is 0 Å². The Morgan fingerprint density at radius 1 is 1.65 bits per heavy atom. The molecule has 0 aromatic heterocycles. The minimum absolute atomic E-state index is 0.00462. The second kappa shape index (κ2) is 5.36. The van der Waals surface area contributed by atoms with E-state index in [0.29, 0.717) is 11.8 Å². The van der Waals surface area contributed by atoms with Crippen molar-refractivity contribution >= 4 is 5.90 Å². The smallest absolute Gasteiger partial charge is 0.187 e. The minimum atomic E-state index is -0.181. The maximum atomic E-state index is 9.22. The molecule has 3 atom stereocenters. The number of hydrogen-bond acceptors (Lipinski definition) is 4. The van der Waals surface area contributed by atoms with E-state index in [9.17, 15) is 5.11 Å². The quantitative estimate of drug-likeness (QED) is 0.504. The predicted molar refractivity (Wildman–Crippen MR) is 67.2 cm³/mol. The van der Waals surface area contributed by atoms with Gasteiger partial charge in [-0.15, -0.1) is 0 Å². The lowest BCUT2D eigenvalue weighted by Gasteiger charge is -2.22. The van der Waals surface area contributed by atoms with Crippen LogP contribution < -0.4 is 5.32 Å². The Morgan fingerprint density at radius 3 is 3.18 bits per heavy atom. The van der Waals surface area contributed by atoms with Crippen molar-refractivity contribution in [3.8, 4) is 0 Å². The average Bonchev–Trinajstić information content (AvgIpc) is 3.02. The highest BCUT2D eigenvalue weighted by Crippen LogP contribution is 2.57. The van der Waals surface area contributed by atoms with Crippen molar-refractivity contribution in [2.24, 2.45) is 11.3 Å². The van der Waals surface area contributed by atoms with Crippen LogP contribution in [0.1, 0.15) is 39.0 Å². The van der Waals surface area contributed by atoms with E-state index in [0.717, 1.165) is 45.2 Å². The first kappa shape index (κ1) is 12.8. The molecule has 17 heavy (non-hydrogen) atoms. The Balaban J connectivity index is 1.91. The molecular weight excluding hydrogens is 216 g/mol. The molecule has 0 bridgehead atoms. The molecule has 1 aliphatic carbocycles.